The highest BCUT2D eigenvalue weighted by Gasteiger charge is 2.06. The first-order valence-electron chi connectivity index (χ1n) is 8.89. The second-order valence-electron chi connectivity index (χ2n) is 6.01. The standard InChI is InChI=1S/C22H22N4O/c1-2-26(17-19-8-4-3-5-9-19)20-13-11-18(12-14-20)16-24-25-22(27)21-10-6-7-15-23-21/h3-16H,2,17H2,1H3,(H,25,27). The topological polar surface area (TPSA) is 57.6 Å². The molecule has 5 nitrogen and oxygen atoms in total. The Kier molecular flexibility index (Phi) is 6.30. The molecule has 0 spiro atoms. The number of aromatic nitrogens is 1. The van der Waals surface area contributed by atoms with Crippen LogP contribution >= 0.6 is 0 Å². The molecule has 0 atom stereocenters. The molecule has 136 valence electrons. The van der Waals surface area contributed by atoms with Gasteiger partial charge < -0.3 is 4.90 Å². The van der Waals surface area contributed by atoms with Crippen molar-refractivity contribution in [2.45, 2.75) is 13.5 Å². The maximum Gasteiger partial charge on any atom is 0.289 e. The lowest BCUT2D eigenvalue weighted by atomic mass is 10.1. The number of pyridine rings is 1. The number of hydrogen-bond acceptors (Lipinski definition) is 4. The lowest BCUT2D eigenvalue weighted by Gasteiger charge is -2.23. The van der Waals surface area contributed by atoms with E-state index < -0.39 is 0 Å². The van der Waals surface area contributed by atoms with E-state index in [1.807, 2.05) is 18.2 Å². The summed E-state index contributed by atoms with van der Waals surface area (Å²) in [5.74, 6) is -0.330. The third kappa shape index (κ3) is 5.25. The van der Waals surface area contributed by atoms with E-state index in [0.717, 1.165) is 24.3 Å². The van der Waals surface area contributed by atoms with Crippen LogP contribution in [0.25, 0.3) is 0 Å². The monoisotopic (exact) mass is 358 g/mol. The zero-order chi connectivity index (χ0) is 18.9. The number of amides is 1. The Hall–Kier alpha value is -3.47. The van der Waals surface area contributed by atoms with Crippen LogP contribution in [-0.2, 0) is 6.54 Å². The molecule has 3 rings (SSSR count). The third-order valence-corrected chi connectivity index (χ3v) is 4.13. The van der Waals surface area contributed by atoms with Crippen molar-refractivity contribution in [2.75, 3.05) is 11.4 Å². The zero-order valence-corrected chi connectivity index (χ0v) is 15.2. The van der Waals surface area contributed by atoms with Gasteiger partial charge in [0.05, 0.1) is 6.21 Å². The molecule has 0 aliphatic carbocycles. The van der Waals surface area contributed by atoms with E-state index in [9.17, 15) is 4.79 Å². The minimum Gasteiger partial charge on any atom is -0.367 e. The summed E-state index contributed by atoms with van der Waals surface area (Å²) in [7, 11) is 0. The smallest absolute Gasteiger partial charge is 0.289 e. The second-order valence-corrected chi connectivity index (χ2v) is 6.01. The van der Waals surface area contributed by atoms with Crippen molar-refractivity contribution in [3.05, 3.63) is 95.8 Å². The van der Waals surface area contributed by atoms with Crippen LogP contribution in [0.15, 0.2) is 84.1 Å². The van der Waals surface area contributed by atoms with E-state index in [-0.39, 0.29) is 5.91 Å². The fraction of sp³-hybridized carbons (Fsp3) is 0.136. The number of nitrogens with zero attached hydrogens (tertiary/aromatic N) is 3. The third-order valence-electron chi connectivity index (χ3n) is 4.13. The van der Waals surface area contributed by atoms with Crippen LogP contribution in [-0.4, -0.2) is 23.7 Å². The molecule has 0 aliphatic heterocycles. The van der Waals surface area contributed by atoms with E-state index in [1.165, 1.54) is 5.56 Å². The largest absolute Gasteiger partial charge is 0.367 e. The SMILES string of the molecule is CCN(Cc1ccccc1)c1ccc(C=NNC(=O)c2ccccn2)cc1. The average Bonchev–Trinajstić information content (AvgIpc) is 2.74. The van der Waals surface area contributed by atoms with E-state index in [0.29, 0.717) is 5.69 Å². The quantitative estimate of drug-likeness (QED) is 0.515. The molecule has 27 heavy (non-hydrogen) atoms. The predicted molar refractivity (Wildman–Crippen MR) is 109 cm³/mol. The molecule has 5 heteroatoms. The summed E-state index contributed by atoms with van der Waals surface area (Å²) < 4.78 is 0. The highest BCUT2D eigenvalue weighted by atomic mass is 16.2. The van der Waals surface area contributed by atoms with Gasteiger partial charge in [0.25, 0.3) is 5.91 Å². The van der Waals surface area contributed by atoms with E-state index in [2.05, 4.69) is 63.7 Å². The van der Waals surface area contributed by atoms with Gasteiger partial charge in [-0.2, -0.15) is 5.10 Å². The van der Waals surface area contributed by atoms with Crippen molar-refractivity contribution in [2.24, 2.45) is 5.10 Å². The fourth-order valence-electron chi connectivity index (χ4n) is 2.68. The van der Waals surface area contributed by atoms with Gasteiger partial charge in [0.2, 0.25) is 0 Å². The number of hydrazone groups is 1. The van der Waals surface area contributed by atoms with Crippen molar-refractivity contribution in [3.8, 4) is 0 Å². The number of rotatable bonds is 7. The molecular weight excluding hydrogens is 336 g/mol. The Balaban J connectivity index is 1.60. The predicted octanol–water partition coefficient (Wildman–Crippen LogP) is 3.87. The molecule has 0 bridgehead atoms. The molecular formula is C22H22N4O. The zero-order valence-electron chi connectivity index (χ0n) is 15.2. The van der Waals surface area contributed by atoms with Crippen LogP contribution < -0.4 is 10.3 Å². The minimum absolute atomic E-state index is 0.330. The van der Waals surface area contributed by atoms with Gasteiger partial charge in [-0.1, -0.05) is 48.5 Å². The number of nitrogens with one attached hydrogen (secondary N) is 1. The van der Waals surface area contributed by atoms with Crippen molar-refractivity contribution in [3.63, 3.8) is 0 Å². The van der Waals surface area contributed by atoms with E-state index in [4.69, 9.17) is 0 Å². The van der Waals surface area contributed by atoms with Crippen LogP contribution in [0.1, 0.15) is 28.5 Å². The van der Waals surface area contributed by atoms with Gasteiger partial charge >= 0.3 is 0 Å². The van der Waals surface area contributed by atoms with Crippen LogP contribution in [0.3, 0.4) is 0 Å². The summed E-state index contributed by atoms with van der Waals surface area (Å²) in [6.45, 7) is 3.93. The number of anilines is 1. The highest BCUT2D eigenvalue weighted by molar-refractivity contribution is 5.93. The highest BCUT2D eigenvalue weighted by Crippen LogP contribution is 2.17. The Morgan fingerprint density at radius 3 is 2.44 bits per heavy atom. The molecule has 3 aromatic rings. The average molecular weight is 358 g/mol. The summed E-state index contributed by atoms with van der Waals surface area (Å²) in [6, 6.07) is 23.7. The van der Waals surface area contributed by atoms with Gasteiger partial charge in [-0.05, 0) is 42.3 Å². The molecule has 1 heterocycles. The summed E-state index contributed by atoms with van der Waals surface area (Å²) in [4.78, 5) is 18.2. The van der Waals surface area contributed by atoms with Crippen molar-refractivity contribution in [1.82, 2.24) is 10.4 Å². The van der Waals surface area contributed by atoms with Gasteiger partial charge in [-0.25, -0.2) is 5.43 Å². The number of benzene rings is 2. The van der Waals surface area contributed by atoms with Gasteiger partial charge in [0.1, 0.15) is 5.69 Å². The molecule has 0 saturated heterocycles. The van der Waals surface area contributed by atoms with Crippen molar-refractivity contribution in [1.29, 1.82) is 0 Å². The molecule has 1 N–H and O–H groups in total. The van der Waals surface area contributed by atoms with Crippen LogP contribution in [0.5, 0.6) is 0 Å². The first-order chi connectivity index (χ1) is 13.3. The molecule has 1 amide bonds. The lowest BCUT2D eigenvalue weighted by molar-refractivity contribution is 0.0950. The summed E-state index contributed by atoms with van der Waals surface area (Å²) in [6.07, 6.45) is 3.20. The van der Waals surface area contributed by atoms with Gasteiger partial charge in [-0.3, -0.25) is 9.78 Å². The first-order valence-corrected chi connectivity index (χ1v) is 8.89. The maximum absolute atomic E-state index is 11.9. The Bertz CT molecular complexity index is 877. The van der Waals surface area contributed by atoms with Crippen molar-refractivity contribution >= 4 is 17.8 Å². The summed E-state index contributed by atoms with van der Waals surface area (Å²) >= 11 is 0. The Morgan fingerprint density at radius 1 is 1.04 bits per heavy atom. The van der Waals surface area contributed by atoms with Gasteiger partial charge in [0, 0.05) is 25.0 Å². The molecule has 0 aliphatic rings. The van der Waals surface area contributed by atoms with Crippen molar-refractivity contribution < 1.29 is 4.79 Å². The number of carbonyl (C=O) groups excluding carboxylic acids is 1. The minimum atomic E-state index is -0.330. The molecule has 0 unspecified atom stereocenters. The summed E-state index contributed by atoms with van der Waals surface area (Å²) in [5, 5.41) is 4.00. The molecule has 1 aromatic heterocycles. The Labute approximate surface area is 159 Å². The maximum atomic E-state index is 11.9. The molecule has 0 fully saturated rings. The fourth-order valence-corrected chi connectivity index (χ4v) is 2.68. The van der Waals surface area contributed by atoms with E-state index in [1.54, 1.807) is 30.6 Å². The van der Waals surface area contributed by atoms with E-state index >= 15 is 0 Å². The number of carbonyl (C=O) groups is 1. The summed E-state index contributed by atoms with van der Waals surface area (Å²) in [5.41, 5.74) is 6.17. The molecule has 2 aromatic carbocycles. The molecule has 0 radical (unpaired) electrons. The van der Waals surface area contributed by atoms with Gasteiger partial charge in [-0.15, -0.1) is 0 Å². The normalized spacial score (nSPS) is 10.7. The van der Waals surface area contributed by atoms with Crippen LogP contribution in [0.4, 0.5) is 5.69 Å². The Morgan fingerprint density at radius 2 is 1.78 bits per heavy atom. The second kappa shape index (κ2) is 9.29. The van der Waals surface area contributed by atoms with Crippen LogP contribution in [0, 0.1) is 0 Å². The van der Waals surface area contributed by atoms with Crippen LogP contribution in [0.2, 0.25) is 0 Å². The lowest BCUT2D eigenvalue weighted by Crippen LogP contribution is -2.21. The first kappa shape index (κ1) is 18.3. The van der Waals surface area contributed by atoms with Gasteiger partial charge in [0.15, 0.2) is 0 Å². The number of hydrogen-bond donors (Lipinski definition) is 1. The molecule has 0 saturated carbocycles.